The Kier molecular flexibility index (Phi) is 2.05. The summed E-state index contributed by atoms with van der Waals surface area (Å²) in [6, 6.07) is 0. The minimum Gasteiger partial charge on any atom is -0.297 e. The van der Waals surface area contributed by atoms with Gasteiger partial charge in [-0.2, -0.15) is 0 Å². The van der Waals surface area contributed by atoms with Crippen molar-refractivity contribution in [2.75, 3.05) is 0 Å². The molecule has 0 spiro atoms. The van der Waals surface area contributed by atoms with E-state index in [1.165, 1.54) is 6.08 Å². The molecule has 1 aliphatic carbocycles. The highest BCUT2D eigenvalue weighted by atomic mass is 35.5. The summed E-state index contributed by atoms with van der Waals surface area (Å²) in [5.41, 5.74) is -1.16. The van der Waals surface area contributed by atoms with E-state index in [1.807, 2.05) is 0 Å². The average molecular weight is 186 g/mol. The van der Waals surface area contributed by atoms with E-state index in [0.717, 1.165) is 6.08 Å². The average Bonchev–Trinajstić information content (AvgIpc) is 2.00. The van der Waals surface area contributed by atoms with Gasteiger partial charge in [0.2, 0.25) is 0 Å². The van der Waals surface area contributed by atoms with Crippen molar-refractivity contribution in [1.29, 1.82) is 10.8 Å². The zero-order valence-corrected chi connectivity index (χ0v) is 6.55. The van der Waals surface area contributed by atoms with Crippen molar-refractivity contribution in [1.82, 2.24) is 0 Å². The normalized spacial score (nSPS) is 17.1. The molecular formula is C6H4ClN3O2. The van der Waals surface area contributed by atoms with Crippen LogP contribution in [0.25, 0.3) is 0 Å². The Balaban J connectivity index is 3.15. The van der Waals surface area contributed by atoms with Gasteiger partial charge in [-0.3, -0.25) is 20.9 Å². The van der Waals surface area contributed by atoms with Crippen LogP contribution in [-0.2, 0) is 0 Å². The summed E-state index contributed by atoms with van der Waals surface area (Å²) in [6.07, 6.45) is 2.35. The van der Waals surface area contributed by atoms with Crippen molar-refractivity contribution in [3.63, 3.8) is 0 Å². The number of halogens is 1. The zero-order valence-electron chi connectivity index (χ0n) is 5.80. The molecule has 0 aliphatic heterocycles. The predicted molar refractivity (Wildman–Crippen MR) is 44.5 cm³/mol. The summed E-state index contributed by atoms with van der Waals surface area (Å²) in [4.78, 5) is 9.53. The first-order valence-corrected chi connectivity index (χ1v) is 3.32. The fraction of sp³-hybridized carbons (Fsp3) is 0. The van der Waals surface area contributed by atoms with Crippen molar-refractivity contribution in [2.24, 2.45) is 0 Å². The van der Waals surface area contributed by atoms with Crippen molar-refractivity contribution in [3.05, 3.63) is 33.0 Å². The van der Waals surface area contributed by atoms with Crippen LogP contribution in [0.4, 0.5) is 0 Å². The standard InChI is InChI=1S/C6H4ClN3O2/c7-3-1-2-4(10(11)12)6(9)5(3)8/h1-2,8-9H. The SMILES string of the molecule is N=C1C(=N)C([N+](=O)[O-])=CC=C1Cl. The second-order valence-electron chi connectivity index (χ2n) is 2.07. The molecule has 0 atom stereocenters. The molecule has 0 aromatic carbocycles. The third kappa shape index (κ3) is 1.26. The number of nitrogens with zero attached hydrogens (tertiary/aromatic N) is 1. The molecule has 1 aliphatic rings. The van der Waals surface area contributed by atoms with Gasteiger partial charge in [-0.15, -0.1) is 0 Å². The van der Waals surface area contributed by atoms with Gasteiger partial charge in [0.1, 0.15) is 5.71 Å². The Morgan fingerprint density at radius 1 is 1.33 bits per heavy atom. The minimum atomic E-state index is -0.712. The first-order chi connectivity index (χ1) is 5.54. The lowest BCUT2D eigenvalue weighted by molar-refractivity contribution is -0.414. The molecule has 0 saturated carbocycles. The van der Waals surface area contributed by atoms with Crippen molar-refractivity contribution in [2.45, 2.75) is 0 Å². The first kappa shape index (κ1) is 8.61. The summed E-state index contributed by atoms with van der Waals surface area (Å²) >= 11 is 5.46. The molecule has 0 radical (unpaired) electrons. The first-order valence-electron chi connectivity index (χ1n) is 2.94. The number of rotatable bonds is 1. The predicted octanol–water partition coefficient (Wildman–Crippen LogP) is 1.32. The van der Waals surface area contributed by atoms with E-state index in [-0.39, 0.29) is 10.7 Å². The van der Waals surface area contributed by atoms with E-state index in [0.29, 0.717) is 0 Å². The molecular weight excluding hydrogens is 182 g/mol. The maximum atomic E-state index is 10.2. The van der Waals surface area contributed by atoms with Crippen molar-refractivity contribution < 1.29 is 4.92 Å². The van der Waals surface area contributed by atoms with Crippen LogP contribution in [-0.4, -0.2) is 16.3 Å². The van der Waals surface area contributed by atoms with E-state index >= 15 is 0 Å². The van der Waals surface area contributed by atoms with Crippen LogP contribution in [0.3, 0.4) is 0 Å². The maximum absolute atomic E-state index is 10.2. The monoisotopic (exact) mass is 185 g/mol. The van der Waals surface area contributed by atoms with Crippen LogP contribution >= 0.6 is 11.6 Å². The number of allylic oxidation sites excluding steroid dienone is 4. The van der Waals surface area contributed by atoms with Crippen molar-refractivity contribution in [3.8, 4) is 0 Å². The van der Waals surface area contributed by atoms with Crippen LogP contribution in [0, 0.1) is 20.9 Å². The maximum Gasteiger partial charge on any atom is 0.296 e. The molecule has 5 nitrogen and oxygen atoms in total. The van der Waals surface area contributed by atoms with Crippen LogP contribution in [0.1, 0.15) is 0 Å². The number of hydrogen-bond acceptors (Lipinski definition) is 4. The summed E-state index contributed by atoms with van der Waals surface area (Å²) in [5.74, 6) is 0. The molecule has 0 saturated heterocycles. The van der Waals surface area contributed by atoms with Gasteiger partial charge in [0.15, 0.2) is 5.71 Å². The summed E-state index contributed by atoms with van der Waals surface area (Å²) in [5, 5.41) is 24.6. The van der Waals surface area contributed by atoms with Gasteiger partial charge in [-0.1, -0.05) is 11.6 Å². The van der Waals surface area contributed by atoms with E-state index < -0.39 is 16.3 Å². The Hall–Kier alpha value is -1.49. The highest BCUT2D eigenvalue weighted by Crippen LogP contribution is 2.15. The molecule has 1 rings (SSSR count). The van der Waals surface area contributed by atoms with Crippen LogP contribution in [0.5, 0.6) is 0 Å². The van der Waals surface area contributed by atoms with E-state index in [9.17, 15) is 10.1 Å². The molecule has 0 aromatic rings. The summed E-state index contributed by atoms with van der Waals surface area (Å²) in [6.45, 7) is 0. The molecule has 0 amide bonds. The molecule has 0 heterocycles. The molecule has 0 fully saturated rings. The fourth-order valence-corrected chi connectivity index (χ4v) is 0.876. The van der Waals surface area contributed by atoms with Crippen LogP contribution < -0.4 is 0 Å². The highest BCUT2D eigenvalue weighted by molar-refractivity contribution is 6.62. The lowest BCUT2D eigenvalue weighted by Gasteiger charge is -2.05. The Morgan fingerprint density at radius 2 is 1.92 bits per heavy atom. The third-order valence-corrected chi connectivity index (χ3v) is 1.64. The van der Waals surface area contributed by atoms with Gasteiger partial charge in [-0.05, 0) is 6.08 Å². The van der Waals surface area contributed by atoms with Gasteiger partial charge >= 0.3 is 0 Å². The Labute approximate surface area is 72.5 Å². The molecule has 0 unspecified atom stereocenters. The van der Waals surface area contributed by atoms with Gasteiger partial charge in [0.05, 0.1) is 9.96 Å². The minimum absolute atomic E-state index is 0.0469. The van der Waals surface area contributed by atoms with E-state index in [2.05, 4.69) is 0 Å². The number of hydrogen-bond donors (Lipinski definition) is 2. The van der Waals surface area contributed by atoms with E-state index in [1.54, 1.807) is 0 Å². The highest BCUT2D eigenvalue weighted by Gasteiger charge is 2.25. The molecule has 2 N–H and O–H groups in total. The molecule has 62 valence electrons. The Morgan fingerprint density at radius 3 is 2.42 bits per heavy atom. The van der Waals surface area contributed by atoms with Gasteiger partial charge in [0, 0.05) is 6.08 Å². The zero-order chi connectivity index (χ0) is 9.30. The molecule has 6 heteroatoms. The fourth-order valence-electron chi connectivity index (χ4n) is 0.718. The summed E-state index contributed by atoms with van der Waals surface area (Å²) in [7, 11) is 0. The molecule has 0 aromatic heterocycles. The molecule has 12 heavy (non-hydrogen) atoms. The smallest absolute Gasteiger partial charge is 0.296 e. The van der Waals surface area contributed by atoms with E-state index in [4.69, 9.17) is 22.4 Å². The van der Waals surface area contributed by atoms with Crippen LogP contribution in [0.15, 0.2) is 22.9 Å². The van der Waals surface area contributed by atoms with Gasteiger partial charge < -0.3 is 0 Å². The second-order valence-corrected chi connectivity index (χ2v) is 2.48. The van der Waals surface area contributed by atoms with Crippen molar-refractivity contribution >= 4 is 23.0 Å². The third-order valence-electron chi connectivity index (χ3n) is 1.33. The number of nitro groups is 1. The lowest BCUT2D eigenvalue weighted by atomic mass is 10.1. The summed E-state index contributed by atoms with van der Waals surface area (Å²) < 4.78 is 0. The molecule has 0 bridgehead atoms. The largest absolute Gasteiger partial charge is 0.297 e. The van der Waals surface area contributed by atoms with Crippen LogP contribution in [0.2, 0.25) is 0 Å². The van der Waals surface area contributed by atoms with Gasteiger partial charge in [0.25, 0.3) is 5.70 Å². The topological polar surface area (TPSA) is 90.8 Å². The number of nitrogens with one attached hydrogen (secondary N) is 2. The second kappa shape index (κ2) is 2.86. The Bertz CT molecular complexity index is 343. The quantitative estimate of drug-likeness (QED) is 0.366. The van der Waals surface area contributed by atoms with Gasteiger partial charge in [-0.25, -0.2) is 0 Å². The lowest BCUT2D eigenvalue weighted by Crippen LogP contribution is -2.22.